The molecule has 1 aliphatic rings. The minimum atomic E-state index is -3.28. The smallest absolute Gasteiger partial charge is 0.215 e. The number of aliphatic imine (C=N–C) groups is 1. The molecule has 3 N–H and O–H groups in total. The fourth-order valence-corrected chi connectivity index (χ4v) is 4.95. The van der Waals surface area contributed by atoms with E-state index in [0.29, 0.717) is 6.54 Å². The first-order valence-corrected chi connectivity index (χ1v) is 12.1. The standard InChI is InChI=1S/C23H32N4O2S/c1-24-22(26-16-19-9-8-10-20(15-19)17-30(28,29)25-2)27-18-23(13-6-7-14-23)21-11-4-3-5-12-21/h3-5,8-12,15,25H,6-7,13-14,16-18H2,1-2H3,(H2,24,26,27). The van der Waals surface area contributed by atoms with Crippen molar-refractivity contribution in [1.29, 1.82) is 0 Å². The van der Waals surface area contributed by atoms with Crippen molar-refractivity contribution in [3.8, 4) is 0 Å². The van der Waals surface area contributed by atoms with Gasteiger partial charge in [0, 0.05) is 25.6 Å². The van der Waals surface area contributed by atoms with Gasteiger partial charge in [0.05, 0.1) is 5.75 Å². The third-order valence-corrected chi connectivity index (χ3v) is 7.22. The Kier molecular flexibility index (Phi) is 7.50. The highest BCUT2D eigenvalue weighted by Crippen LogP contribution is 2.40. The summed E-state index contributed by atoms with van der Waals surface area (Å²) in [6, 6.07) is 18.4. The Morgan fingerprint density at radius 2 is 1.70 bits per heavy atom. The van der Waals surface area contributed by atoms with Crippen LogP contribution in [-0.4, -0.2) is 35.0 Å². The van der Waals surface area contributed by atoms with Crippen LogP contribution >= 0.6 is 0 Å². The minimum absolute atomic E-state index is 0.0239. The fraction of sp³-hybridized carbons (Fsp3) is 0.435. The molecule has 0 atom stereocenters. The molecule has 2 aromatic rings. The number of sulfonamides is 1. The van der Waals surface area contributed by atoms with E-state index < -0.39 is 10.0 Å². The molecule has 2 aromatic carbocycles. The third-order valence-electron chi connectivity index (χ3n) is 5.88. The number of rotatable bonds is 8. The van der Waals surface area contributed by atoms with E-state index in [1.165, 1.54) is 38.3 Å². The number of hydrogen-bond donors (Lipinski definition) is 3. The van der Waals surface area contributed by atoms with Crippen LogP contribution in [0.3, 0.4) is 0 Å². The van der Waals surface area contributed by atoms with Crippen LogP contribution in [0.25, 0.3) is 0 Å². The van der Waals surface area contributed by atoms with Crippen molar-refractivity contribution >= 4 is 16.0 Å². The first-order chi connectivity index (χ1) is 14.5. The summed E-state index contributed by atoms with van der Waals surface area (Å²) in [4.78, 5) is 4.37. The second-order valence-corrected chi connectivity index (χ2v) is 9.84. The van der Waals surface area contributed by atoms with Crippen molar-refractivity contribution in [2.75, 3.05) is 20.6 Å². The summed E-state index contributed by atoms with van der Waals surface area (Å²) in [5.74, 6) is 0.731. The lowest BCUT2D eigenvalue weighted by molar-refractivity contribution is 0.431. The number of nitrogens with zero attached hydrogens (tertiary/aromatic N) is 1. The summed E-state index contributed by atoms with van der Waals surface area (Å²) < 4.78 is 25.9. The number of guanidine groups is 1. The van der Waals surface area contributed by atoms with Crippen LogP contribution in [0.15, 0.2) is 59.6 Å². The average Bonchev–Trinajstić information content (AvgIpc) is 3.25. The lowest BCUT2D eigenvalue weighted by Crippen LogP contribution is -2.44. The predicted molar refractivity (Wildman–Crippen MR) is 123 cm³/mol. The Labute approximate surface area is 180 Å². The maximum Gasteiger partial charge on any atom is 0.215 e. The van der Waals surface area contributed by atoms with E-state index in [4.69, 9.17) is 0 Å². The maximum absolute atomic E-state index is 11.8. The van der Waals surface area contributed by atoms with E-state index in [-0.39, 0.29) is 11.2 Å². The fourth-order valence-electron chi connectivity index (χ4n) is 4.19. The molecule has 3 rings (SSSR count). The number of hydrogen-bond acceptors (Lipinski definition) is 3. The molecule has 0 unspecified atom stereocenters. The van der Waals surface area contributed by atoms with Crippen molar-refractivity contribution in [1.82, 2.24) is 15.4 Å². The van der Waals surface area contributed by atoms with Crippen molar-refractivity contribution in [2.24, 2.45) is 4.99 Å². The molecule has 1 aliphatic carbocycles. The number of nitrogens with one attached hydrogen (secondary N) is 3. The van der Waals surface area contributed by atoms with Gasteiger partial charge in [-0.2, -0.15) is 0 Å². The molecule has 1 saturated carbocycles. The van der Waals surface area contributed by atoms with Gasteiger partial charge in [0.15, 0.2) is 5.96 Å². The zero-order valence-electron chi connectivity index (χ0n) is 17.8. The molecule has 1 fully saturated rings. The normalized spacial score (nSPS) is 16.4. The summed E-state index contributed by atoms with van der Waals surface area (Å²) in [6.45, 7) is 1.42. The highest BCUT2D eigenvalue weighted by molar-refractivity contribution is 7.88. The van der Waals surface area contributed by atoms with Gasteiger partial charge in [0.1, 0.15) is 0 Å². The Bertz CT molecular complexity index is 952. The summed E-state index contributed by atoms with van der Waals surface area (Å²) >= 11 is 0. The maximum atomic E-state index is 11.8. The van der Waals surface area contributed by atoms with Crippen molar-refractivity contribution in [2.45, 2.75) is 43.4 Å². The summed E-state index contributed by atoms with van der Waals surface area (Å²) in [5.41, 5.74) is 3.32. The van der Waals surface area contributed by atoms with E-state index in [0.717, 1.165) is 23.6 Å². The van der Waals surface area contributed by atoms with Gasteiger partial charge in [0.2, 0.25) is 10.0 Å². The lowest BCUT2D eigenvalue weighted by Gasteiger charge is -2.30. The molecule has 6 nitrogen and oxygen atoms in total. The van der Waals surface area contributed by atoms with E-state index in [1.54, 1.807) is 7.05 Å². The zero-order chi connectivity index (χ0) is 21.5. The molecule has 0 heterocycles. The van der Waals surface area contributed by atoms with Crippen molar-refractivity contribution < 1.29 is 8.42 Å². The summed E-state index contributed by atoms with van der Waals surface area (Å²) in [5, 5.41) is 6.87. The molecule has 0 radical (unpaired) electrons. The van der Waals surface area contributed by atoms with Crippen LogP contribution in [0.1, 0.15) is 42.4 Å². The lowest BCUT2D eigenvalue weighted by atomic mass is 9.79. The molecular formula is C23H32N4O2S. The van der Waals surface area contributed by atoms with Gasteiger partial charge in [-0.05, 0) is 36.6 Å². The molecular weight excluding hydrogens is 396 g/mol. The van der Waals surface area contributed by atoms with E-state index in [9.17, 15) is 8.42 Å². The first-order valence-electron chi connectivity index (χ1n) is 10.5. The van der Waals surface area contributed by atoms with Crippen LogP contribution in [-0.2, 0) is 27.7 Å². The molecule has 7 heteroatoms. The van der Waals surface area contributed by atoms with Crippen molar-refractivity contribution in [3.63, 3.8) is 0 Å². The largest absolute Gasteiger partial charge is 0.356 e. The molecule has 0 amide bonds. The van der Waals surface area contributed by atoms with E-state index >= 15 is 0 Å². The molecule has 0 spiro atoms. The Morgan fingerprint density at radius 1 is 1.00 bits per heavy atom. The topological polar surface area (TPSA) is 82.6 Å². The van der Waals surface area contributed by atoms with Crippen LogP contribution in [0.2, 0.25) is 0 Å². The molecule has 0 bridgehead atoms. The van der Waals surface area contributed by atoms with Crippen LogP contribution in [0.4, 0.5) is 0 Å². The van der Waals surface area contributed by atoms with Gasteiger partial charge >= 0.3 is 0 Å². The van der Waals surface area contributed by atoms with E-state index in [2.05, 4.69) is 50.7 Å². The van der Waals surface area contributed by atoms with Crippen LogP contribution < -0.4 is 15.4 Å². The van der Waals surface area contributed by atoms with Gasteiger partial charge in [-0.3, -0.25) is 4.99 Å². The molecule has 0 aliphatic heterocycles. The predicted octanol–water partition coefficient (Wildman–Crippen LogP) is 2.91. The molecule has 0 aromatic heterocycles. The Hall–Kier alpha value is -2.38. The van der Waals surface area contributed by atoms with Gasteiger partial charge in [-0.25, -0.2) is 13.1 Å². The van der Waals surface area contributed by atoms with Gasteiger partial charge < -0.3 is 10.6 Å². The quantitative estimate of drug-likeness (QED) is 0.446. The Balaban J connectivity index is 1.60. The van der Waals surface area contributed by atoms with Gasteiger partial charge in [0.25, 0.3) is 0 Å². The molecule has 0 saturated heterocycles. The zero-order valence-corrected chi connectivity index (χ0v) is 18.6. The average molecular weight is 429 g/mol. The molecule has 30 heavy (non-hydrogen) atoms. The highest BCUT2D eigenvalue weighted by atomic mass is 32.2. The second kappa shape index (κ2) is 10.1. The van der Waals surface area contributed by atoms with Gasteiger partial charge in [-0.1, -0.05) is 67.4 Å². The second-order valence-electron chi connectivity index (χ2n) is 7.92. The monoisotopic (exact) mass is 428 g/mol. The van der Waals surface area contributed by atoms with E-state index in [1.807, 2.05) is 24.3 Å². The van der Waals surface area contributed by atoms with Crippen LogP contribution in [0.5, 0.6) is 0 Å². The molecule has 162 valence electrons. The van der Waals surface area contributed by atoms with Crippen LogP contribution in [0, 0.1) is 0 Å². The van der Waals surface area contributed by atoms with Crippen molar-refractivity contribution in [3.05, 3.63) is 71.3 Å². The first kappa shape index (κ1) is 22.3. The Morgan fingerprint density at radius 3 is 2.37 bits per heavy atom. The minimum Gasteiger partial charge on any atom is -0.356 e. The van der Waals surface area contributed by atoms with Gasteiger partial charge in [-0.15, -0.1) is 0 Å². The summed E-state index contributed by atoms with van der Waals surface area (Å²) in [7, 11) is -0.0766. The number of benzene rings is 2. The highest BCUT2D eigenvalue weighted by Gasteiger charge is 2.35. The summed E-state index contributed by atoms with van der Waals surface area (Å²) in [6.07, 6.45) is 4.88. The third kappa shape index (κ3) is 5.83. The SMILES string of the molecule is CN=C(NCc1cccc(CS(=O)(=O)NC)c1)NCC1(c2ccccc2)CCCC1.